The Bertz CT molecular complexity index is 1620. The van der Waals surface area contributed by atoms with Crippen molar-refractivity contribution in [3.8, 4) is 0 Å². The molecular formula is C71H131N2O7P. The molecule has 0 saturated carbocycles. The van der Waals surface area contributed by atoms with Crippen LogP contribution in [0.5, 0.6) is 0 Å². The summed E-state index contributed by atoms with van der Waals surface area (Å²) in [5.74, 6) is -0.543. The van der Waals surface area contributed by atoms with Crippen molar-refractivity contribution in [1.29, 1.82) is 0 Å². The van der Waals surface area contributed by atoms with Crippen LogP contribution in [0.4, 0.5) is 0 Å². The highest BCUT2D eigenvalue weighted by atomic mass is 31.2. The summed E-state index contributed by atoms with van der Waals surface area (Å²) in [6, 6.07) is -0.895. The van der Waals surface area contributed by atoms with Crippen molar-refractivity contribution >= 4 is 19.7 Å². The van der Waals surface area contributed by atoms with Crippen molar-refractivity contribution in [2.45, 2.75) is 328 Å². The second-order valence-corrected chi connectivity index (χ2v) is 25.7. The van der Waals surface area contributed by atoms with Gasteiger partial charge in [-0.15, -0.1) is 0 Å². The Kier molecular flexibility index (Phi) is 58.7. The summed E-state index contributed by atoms with van der Waals surface area (Å²) < 4.78 is 30.4. The first-order valence-electron chi connectivity index (χ1n) is 34.2. The van der Waals surface area contributed by atoms with E-state index in [0.717, 1.165) is 103 Å². The van der Waals surface area contributed by atoms with Gasteiger partial charge in [-0.1, -0.05) is 274 Å². The van der Waals surface area contributed by atoms with Gasteiger partial charge in [0.2, 0.25) is 5.91 Å². The number of amides is 1. The molecule has 0 fully saturated rings. The summed E-state index contributed by atoms with van der Waals surface area (Å²) in [5, 5.41) is 3.04. The van der Waals surface area contributed by atoms with E-state index in [4.69, 9.17) is 13.8 Å². The minimum atomic E-state index is -4.71. The molecule has 3 atom stereocenters. The fourth-order valence-corrected chi connectivity index (χ4v) is 10.5. The molecule has 1 amide bonds. The van der Waals surface area contributed by atoms with Crippen molar-refractivity contribution in [2.75, 3.05) is 40.9 Å². The number of carbonyl (C=O) groups excluding carboxylic acids is 2. The van der Waals surface area contributed by atoms with E-state index in [0.29, 0.717) is 17.4 Å². The average Bonchev–Trinajstić information content (AvgIpc) is 3.44. The number of phosphoric acid groups is 1. The lowest BCUT2D eigenvalue weighted by Crippen LogP contribution is -2.47. The molecule has 0 rings (SSSR count). The lowest BCUT2D eigenvalue weighted by molar-refractivity contribution is -0.870. The largest absolute Gasteiger partial charge is 0.756 e. The van der Waals surface area contributed by atoms with Crippen LogP contribution < -0.4 is 10.2 Å². The van der Waals surface area contributed by atoms with Gasteiger partial charge in [-0.05, 0) is 102 Å². The molecule has 0 radical (unpaired) electrons. The number of allylic oxidation sites excluding steroid dienone is 11. The van der Waals surface area contributed by atoms with Gasteiger partial charge in [0.25, 0.3) is 7.82 Å². The van der Waals surface area contributed by atoms with E-state index in [9.17, 15) is 19.0 Å². The standard InChI is InChI=1S/C71H131N2O7P/c1-7-10-13-16-19-22-25-28-30-32-34-35-36-37-39-40-42-45-48-51-54-57-60-63-70(74)72-68(67-79-81(76,77)78-66-65-73(4,5)6)69(62-59-56-53-50-47-44-27-24-21-18-15-12-9-3)80-71(75)64-61-58-55-52-49-46-43-41-38-33-31-29-26-23-20-17-14-11-8-2/h19-20,22-23,28-31,34-35,59,62,68-69H,7-18,21,24-27,32-33,36-58,60-61,63-67H2,1-6H3,(H-,72,74,76,77)/b22-19-,23-20-,30-28-,31-29-,35-34-,62-59-. The maximum Gasteiger partial charge on any atom is 0.306 e. The highest BCUT2D eigenvalue weighted by Crippen LogP contribution is 2.38. The summed E-state index contributed by atoms with van der Waals surface area (Å²) in [6.07, 6.45) is 78.6. The number of esters is 1. The second kappa shape index (κ2) is 60.6. The number of hydrogen-bond donors (Lipinski definition) is 1. The first kappa shape index (κ1) is 78.5. The van der Waals surface area contributed by atoms with Crippen molar-refractivity contribution in [3.05, 3.63) is 72.9 Å². The van der Waals surface area contributed by atoms with Crippen LogP contribution >= 0.6 is 7.82 Å². The lowest BCUT2D eigenvalue weighted by Gasteiger charge is -2.30. The summed E-state index contributed by atoms with van der Waals surface area (Å²) in [6.45, 7) is 6.82. The van der Waals surface area contributed by atoms with Crippen molar-refractivity contribution in [1.82, 2.24) is 5.32 Å². The van der Waals surface area contributed by atoms with E-state index >= 15 is 0 Å². The van der Waals surface area contributed by atoms with Crippen LogP contribution in [-0.2, 0) is 27.9 Å². The molecule has 0 aromatic carbocycles. The molecular weight excluding hydrogens is 1020 g/mol. The number of likely N-dealkylation sites (N-methyl/N-ethyl adjacent to an activating group) is 1. The number of rotatable bonds is 62. The first-order chi connectivity index (χ1) is 39.4. The number of hydrogen-bond acceptors (Lipinski definition) is 7. The summed E-state index contributed by atoms with van der Waals surface area (Å²) >= 11 is 0. The Hall–Kier alpha value is -2.55. The third-order valence-corrected chi connectivity index (χ3v) is 16.1. The SMILES string of the molecule is CCCCC/C=C\C/C=C\C/C=C\CCCCCCCCCCCCC(=O)NC(COP(=O)([O-])OCC[N+](C)(C)C)C(/C=C\CCCCCCCCCCCCC)OC(=O)CCCCCCCCCCC/C=C\C/C=C\CCCCC. The van der Waals surface area contributed by atoms with Gasteiger partial charge in [0.05, 0.1) is 33.8 Å². The molecule has 0 spiro atoms. The summed E-state index contributed by atoms with van der Waals surface area (Å²) in [4.78, 5) is 40.2. The Morgan fingerprint density at radius 1 is 0.432 bits per heavy atom. The fraction of sp³-hybridized carbons (Fsp3) is 0.803. The Balaban J connectivity index is 5.17. The highest BCUT2D eigenvalue weighted by Gasteiger charge is 2.27. The predicted octanol–water partition coefficient (Wildman–Crippen LogP) is 20.9. The third kappa shape index (κ3) is 61.8. The van der Waals surface area contributed by atoms with Crippen LogP contribution in [0, 0.1) is 0 Å². The van der Waals surface area contributed by atoms with Gasteiger partial charge in [0.15, 0.2) is 0 Å². The zero-order valence-corrected chi connectivity index (χ0v) is 54.9. The number of phosphoric ester groups is 1. The summed E-state index contributed by atoms with van der Waals surface area (Å²) in [5.41, 5.74) is 0. The van der Waals surface area contributed by atoms with E-state index in [1.54, 1.807) is 0 Å². The van der Waals surface area contributed by atoms with Gasteiger partial charge in [0.1, 0.15) is 19.3 Å². The smallest absolute Gasteiger partial charge is 0.306 e. The predicted molar refractivity (Wildman–Crippen MR) is 348 cm³/mol. The zero-order valence-electron chi connectivity index (χ0n) is 54.0. The molecule has 10 heteroatoms. The topological polar surface area (TPSA) is 114 Å². The fourth-order valence-electron chi connectivity index (χ4n) is 9.80. The molecule has 0 heterocycles. The molecule has 0 aromatic heterocycles. The lowest BCUT2D eigenvalue weighted by atomic mass is 10.0. The average molecular weight is 1160 g/mol. The number of ether oxygens (including phenoxy) is 1. The van der Waals surface area contributed by atoms with Gasteiger partial charge in [-0.25, -0.2) is 0 Å². The Labute approximate surface area is 502 Å². The van der Waals surface area contributed by atoms with Crippen LogP contribution in [-0.4, -0.2) is 69.4 Å². The molecule has 1 N–H and O–H groups in total. The van der Waals surface area contributed by atoms with Crippen LogP contribution in [0.25, 0.3) is 0 Å². The second-order valence-electron chi connectivity index (χ2n) is 24.3. The molecule has 0 bridgehead atoms. The number of carbonyl (C=O) groups is 2. The van der Waals surface area contributed by atoms with Crippen molar-refractivity contribution in [3.63, 3.8) is 0 Å². The summed E-state index contributed by atoms with van der Waals surface area (Å²) in [7, 11) is 1.18. The molecule has 0 aliphatic heterocycles. The zero-order chi connectivity index (χ0) is 59.3. The molecule has 0 aromatic rings. The maximum atomic E-state index is 13.6. The van der Waals surface area contributed by atoms with E-state index < -0.39 is 26.6 Å². The minimum Gasteiger partial charge on any atom is -0.756 e. The Morgan fingerprint density at radius 3 is 1.15 bits per heavy atom. The molecule has 81 heavy (non-hydrogen) atoms. The third-order valence-electron chi connectivity index (χ3n) is 15.1. The van der Waals surface area contributed by atoms with Crippen LogP contribution in [0.2, 0.25) is 0 Å². The van der Waals surface area contributed by atoms with Crippen molar-refractivity contribution in [2.24, 2.45) is 0 Å². The van der Waals surface area contributed by atoms with Gasteiger partial charge < -0.3 is 28.5 Å². The number of quaternary nitrogens is 1. The van der Waals surface area contributed by atoms with E-state index in [1.807, 2.05) is 33.3 Å². The minimum absolute atomic E-state index is 0.0253. The van der Waals surface area contributed by atoms with Gasteiger partial charge in [-0.3, -0.25) is 14.2 Å². The maximum absolute atomic E-state index is 13.6. The molecule has 0 aliphatic rings. The van der Waals surface area contributed by atoms with Gasteiger partial charge >= 0.3 is 5.97 Å². The highest BCUT2D eigenvalue weighted by molar-refractivity contribution is 7.45. The number of unbranched alkanes of at least 4 members (excludes halogenated alkanes) is 36. The van der Waals surface area contributed by atoms with Gasteiger partial charge in [-0.2, -0.15) is 0 Å². The quantitative estimate of drug-likeness (QED) is 0.0212. The first-order valence-corrected chi connectivity index (χ1v) is 35.7. The van der Waals surface area contributed by atoms with E-state index in [1.165, 1.54) is 180 Å². The van der Waals surface area contributed by atoms with E-state index in [-0.39, 0.29) is 24.9 Å². The monoisotopic (exact) mass is 1150 g/mol. The molecule has 9 nitrogen and oxygen atoms in total. The molecule has 0 saturated heterocycles. The van der Waals surface area contributed by atoms with Crippen LogP contribution in [0.3, 0.4) is 0 Å². The number of nitrogens with one attached hydrogen (secondary N) is 1. The number of nitrogens with zero attached hydrogens (tertiary/aromatic N) is 1. The van der Waals surface area contributed by atoms with Crippen LogP contribution in [0.1, 0.15) is 316 Å². The Morgan fingerprint density at radius 2 is 0.753 bits per heavy atom. The molecule has 3 unspecified atom stereocenters. The van der Waals surface area contributed by atoms with E-state index in [2.05, 4.69) is 86.8 Å². The van der Waals surface area contributed by atoms with Gasteiger partial charge in [0, 0.05) is 12.8 Å². The molecule has 0 aliphatic carbocycles. The molecule has 472 valence electrons. The van der Waals surface area contributed by atoms with Crippen LogP contribution in [0.15, 0.2) is 72.9 Å². The van der Waals surface area contributed by atoms with Crippen molar-refractivity contribution < 1.29 is 37.3 Å². The normalized spacial score (nSPS) is 14.0.